The average Bonchev–Trinajstić information content (AvgIpc) is 2.80. The first-order valence-corrected chi connectivity index (χ1v) is 8.28. The van der Waals surface area contributed by atoms with E-state index in [0.717, 1.165) is 0 Å². The van der Waals surface area contributed by atoms with Crippen LogP contribution >= 0.6 is 11.3 Å². The molecular formula is C16H27NS. The minimum atomic E-state index is 0.530. The van der Waals surface area contributed by atoms with Crippen LogP contribution in [0.1, 0.15) is 70.2 Å². The first-order valence-electron chi connectivity index (χ1n) is 7.40. The molecule has 0 aliphatic heterocycles. The molecule has 1 nitrogen and oxygen atoms in total. The summed E-state index contributed by atoms with van der Waals surface area (Å²) in [5.74, 6) is 0. The van der Waals surface area contributed by atoms with Crippen molar-refractivity contribution in [3.05, 3.63) is 22.4 Å². The summed E-state index contributed by atoms with van der Waals surface area (Å²) in [5, 5.41) is 6.12. The van der Waals surface area contributed by atoms with Crippen LogP contribution in [0.4, 0.5) is 0 Å². The molecule has 1 aliphatic carbocycles. The summed E-state index contributed by atoms with van der Waals surface area (Å²) in [6.07, 6.45) is 7.98. The Morgan fingerprint density at radius 3 is 2.94 bits per heavy atom. The molecule has 0 spiro atoms. The van der Waals surface area contributed by atoms with Gasteiger partial charge in [-0.1, -0.05) is 39.7 Å². The lowest BCUT2D eigenvalue weighted by molar-refractivity contribution is 0.187. The van der Waals surface area contributed by atoms with Gasteiger partial charge >= 0.3 is 0 Å². The van der Waals surface area contributed by atoms with Gasteiger partial charge in [-0.3, -0.25) is 0 Å². The summed E-state index contributed by atoms with van der Waals surface area (Å²) < 4.78 is 0. The lowest BCUT2D eigenvalue weighted by Gasteiger charge is -2.37. The predicted octanol–water partition coefficient (Wildman–Crippen LogP) is 5.15. The number of thiophene rings is 1. The van der Waals surface area contributed by atoms with E-state index in [1.54, 1.807) is 0 Å². The first-order chi connectivity index (χ1) is 8.61. The number of hydrogen-bond acceptors (Lipinski definition) is 2. The molecule has 102 valence electrons. The van der Waals surface area contributed by atoms with E-state index in [1.165, 1.54) is 43.4 Å². The lowest BCUT2D eigenvalue weighted by Crippen LogP contribution is -2.39. The second-order valence-electron chi connectivity index (χ2n) is 6.48. The summed E-state index contributed by atoms with van der Waals surface area (Å²) in [6, 6.07) is 5.75. The molecule has 0 radical (unpaired) electrons. The van der Waals surface area contributed by atoms with E-state index in [0.29, 0.717) is 17.5 Å². The summed E-state index contributed by atoms with van der Waals surface area (Å²) in [4.78, 5) is 1.51. The Hall–Kier alpha value is -0.340. The van der Waals surface area contributed by atoms with Gasteiger partial charge in [-0.25, -0.2) is 0 Å². The van der Waals surface area contributed by atoms with Gasteiger partial charge in [0.05, 0.1) is 0 Å². The zero-order valence-electron chi connectivity index (χ0n) is 12.0. The molecular weight excluding hydrogens is 238 g/mol. The van der Waals surface area contributed by atoms with E-state index in [4.69, 9.17) is 0 Å². The second kappa shape index (κ2) is 6.21. The SMILES string of the molecule is CCCC(NC1CCCC(C)(C)C1)c1cccs1. The van der Waals surface area contributed by atoms with Gasteiger partial charge in [0.15, 0.2) is 0 Å². The van der Waals surface area contributed by atoms with Crippen molar-refractivity contribution in [3.8, 4) is 0 Å². The fourth-order valence-electron chi connectivity index (χ4n) is 3.21. The molecule has 1 aromatic rings. The topological polar surface area (TPSA) is 12.0 Å². The molecule has 0 saturated heterocycles. The van der Waals surface area contributed by atoms with Crippen molar-refractivity contribution in [2.45, 2.75) is 71.4 Å². The third kappa shape index (κ3) is 3.83. The molecule has 2 unspecified atom stereocenters. The van der Waals surface area contributed by atoms with Crippen LogP contribution in [0.15, 0.2) is 17.5 Å². The molecule has 2 rings (SSSR count). The molecule has 18 heavy (non-hydrogen) atoms. The highest BCUT2D eigenvalue weighted by Crippen LogP contribution is 2.36. The monoisotopic (exact) mass is 265 g/mol. The molecule has 2 atom stereocenters. The molecule has 0 bridgehead atoms. The lowest BCUT2D eigenvalue weighted by atomic mass is 9.75. The summed E-state index contributed by atoms with van der Waals surface area (Å²) in [6.45, 7) is 7.12. The van der Waals surface area contributed by atoms with Gasteiger partial charge in [0.2, 0.25) is 0 Å². The van der Waals surface area contributed by atoms with Gasteiger partial charge in [0.25, 0.3) is 0 Å². The maximum absolute atomic E-state index is 3.93. The zero-order chi connectivity index (χ0) is 13.0. The fraction of sp³-hybridized carbons (Fsp3) is 0.750. The second-order valence-corrected chi connectivity index (χ2v) is 7.46. The Morgan fingerprint density at radius 1 is 1.50 bits per heavy atom. The van der Waals surface area contributed by atoms with Crippen molar-refractivity contribution in [2.75, 3.05) is 0 Å². The molecule has 1 N–H and O–H groups in total. The van der Waals surface area contributed by atoms with Gasteiger partial charge < -0.3 is 5.32 Å². The zero-order valence-corrected chi connectivity index (χ0v) is 12.9. The van der Waals surface area contributed by atoms with Crippen LogP contribution in [0.25, 0.3) is 0 Å². The number of rotatable bonds is 5. The van der Waals surface area contributed by atoms with E-state index in [9.17, 15) is 0 Å². The summed E-state index contributed by atoms with van der Waals surface area (Å²) in [5.41, 5.74) is 0.530. The Morgan fingerprint density at radius 2 is 2.33 bits per heavy atom. The molecule has 0 amide bonds. The Kier molecular flexibility index (Phi) is 4.85. The Balaban J connectivity index is 1.96. The molecule has 1 aromatic heterocycles. The normalized spacial score (nSPS) is 24.9. The molecule has 1 heterocycles. The van der Waals surface area contributed by atoms with Crippen molar-refractivity contribution in [1.82, 2.24) is 5.32 Å². The highest BCUT2D eigenvalue weighted by atomic mass is 32.1. The standard InChI is InChI=1S/C16H27NS/c1-4-7-14(15-9-6-11-18-15)17-13-8-5-10-16(2,3)12-13/h6,9,11,13-14,17H,4-5,7-8,10,12H2,1-3H3. The third-order valence-electron chi connectivity index (χ3n) is 4.11. The van der Waals surface area contributed by atoms with Gasteiger partial charge in [-0.15, -0.1) is 11.3 Å². The van der Waals surface area contributed by atoms with Crippen molar-refractivity contribution in [2.24, 2.45) is 5.41 Å². The van der Waals surface area contributed by atoms with E-state index in [-0.39, 0.29) is 0 Å². The molecule has 1 saturated carbocycles. The average molecular weight is 265 g/mol. The molecule has 2 heteroatoms. The maximum atomic E-state index is 3.93. The van der Waals surface area contributed by atoms with Gasteiger partial charge in [0.1, 0.15) is 0 Å². The molecule has 0 aromatic carbocycles. The van der Waals surface area contributed by atoms with Gasteiger partial charge in [-0.2, -0.15) is 0 Å². The Labute approximate surface area is 116 Å². The van der Waals surface area contributed by atoms with Crippen molar-refractivity contribution in [3.63, 3.8) is 0 Å². The fourth-order valence-corrected chi connectivity index (χ4v) is 4.03. The highest BCUT2D eigenvalue weighted by molar-refractivity contribution is 7.10. The number of nitrogens with one attached hydrogen (secondary N) is 1. The number of hydrogen-bond donors (Lipinski definition) is 1. The summed E-state index contributed by atoms with van der Waals surface area (Å²) in [7, 11) is 0. The van der Waals surface area contributed by atoms with Crippen molar-refractivity contribution < 1.29 is 0 Å². The van der Waals surface area contributed by atoms with E-state index < -0.39 is 0 Å². The van der Waals surface area contributed by atoms with Crippen LogP contribution in [0.2, 0.25) is 0 Å². The van der Waals surface area contributed by atoms with Crippen molar-refractivity contribution >= 4 is 11.3 Å². The van der Waals surface area contributed by atoms with Crippen LogP contribution in [0.3, 0.4) is 0 Å². The van der Waals surface area contributed by atoms with Crippen LogP contribution < -0.4 is 5.32 Å². The largest absolute Gasteiger partial charge is 0.306 e. The Bertz CT molecular complexity index is 342. The van der Waals surface area contributed by atoms with Gasteiger partial charge in [-0.05, 0) is 42.5 Å². The quantitative estimate of drug-likeness (QED) is 0.776. The van der Waals surface area contributed by atoms with Crippen LogP contribution in [0.5, 0.6) is 0 Å². The van der Waals surface area contributed by atoms with Gasteiger partial charge in [0, 0.05) is 17.0 Å². The van der Waals surface area contributed by atoms with Crippen LogP contribution in [-0.2, 0) is 0 Å². The third-order valence-corrected chi connectivity index (χ3v) is 5.09. The first kappa shape index (κ1) is 14.1. The van der Waals surface area contributed by atoms with E-state index in [1.807, 2.05) is 11.3 Å². The van der Waals surface area contributed by atoms with Crippen LogP contribution in [0, 0.1) is 5.41 Å². The predicted molar refractivity (Wildman–Crippen MR) is 81.1 cm³/mol. The molecule has 1 fully saturated rings. The van der Waals surface area contributed by atoms with E-state index >= 15 is 0 Å². The smallest absolute Gasteiger partial charge is 0.0416 e. The minimum absolute atomic E-state index is 0.530. The van der Waals surface area contributed by atoms with E-state index in [2.05, 4.69) is 43.6 Å². The maximum Gasteiger partial charge on any atom is 0.0416 e. The molecule has 1 aliphatic rings. The summed E-state index contributed by atoms with van der Waals surface area (Å²) >= 11 is 1.90. The highest BCUT2D eigenvalue weighted by Gasteiger charge is 2.29. The van der Waals surface area contributed by atoms with Crippen molar-refractivity contribution in [1.29, 1.82) is 0 Å². The minimum Gasteiger partial charge on any atom is -0.306 e. The van der Waals surface area contributed by atoms with Crippen LogP contribution in [-0.4, -0.2) is 6.04 Å².